The van der Waals surface area contributed by atoms with E-state index in [1.165, 1.54) is 24.3 Å². The molecule has 0 bridgehead atoms. The first kappa shape index (κ1) is 14.5. The number of carbonyl (C=O) groups is 1. The predicted molar refractivity (Wildman–Crippen MR) is 66.9 cm³/mol. The zero-order valence-electron chi connectivity index (χ0n) is 10.00. The highest BCUT2D eigenvalue weighted by Crippen LogP contribution is 2.29. The van der Waals surface area contributed by atoms with Gasteiger partial charge in [0.05, 0.1) is 10.4 Å². The Bertz CT molecular complexity index is 604. The molecular weight excluding hydrogens is 294 g/mol. The lowest BCUT2D eigenvalue weighted by Crippen LogP contribution is -2.21. The first-order valence-electron chi connectivity index (χ1n) is 5.56. The fourth-order valence-corrected chi connectivity index (χ4v) is 2.16. The number of alkyl halides is 3. The average Bonchev–Trinajstić information content (AvgIpc) is 2.82. The van der Waals surface area contributed by atoms with Crippen LogP contribution in [0, 0.1) is 5.13 Å². The summed E-state index contributed by atoms with van der Waals surface area (Å²) in [6, 6.07) is 7.01. The second-order valence-corrected chi connectivity index (χ2v) is 5.02. The number of hydrogen-bond donors (Lipinski definition) is 1. The van der Waals surface area contributed by atoms with Crippen LogP contribution in [0.5, 0.6) is 0 Å². The Morgan fingerprint density at radius 3 is 2.25 bits per heavy atom. The van der Waals surface area contributed by atoms with Crippen molar-refractivity contribution in [2.24, 2.45) is 0 Å². The van der Waals surface area contributed by atoms with Gasteiger partial charge in [-0.25, -0.2) is 0 Å². The van der Waals surface area contributed by atoms with Gasteiger partial charge in [-0.15, -0.1) is 11.3 Å². The summed E-state index contributed by atoms with van der Waals surface area (Å²) in [6.07, 6.45) is -4.38. The van der Waals surface area contributed by atoms with Gasteiger partial charge in [-0.1, -0.05) is 12.1 Å². The molecule has 2 rings (SSSR count). The number of thiophene rings is 1. The minimum Gasteiger partial charge on any atom is -0.347 e. The summed E-state index contributed by atoms with van der Waals surface area (Å²) >= 11 is 0.709. The molecule has 0 radical (unpaired) electrons. The van der Waals surface area contributed by atoms with Crippen molar-refractivity contribution in [1.82, 2.24) is 5.32 Å². The summed E-state index contributed by atoms with van der Waals surface area (Å²) in [5, 5.41) is 2.04. The third-order valence-corrected chi connectivity index (χ3v) is 3.40. The lowest BCUT2D eigenvalue weighted by atomic mass is 10.1. The number of hydrogen-bond acceptors (Lipinski definition) is 2. The molecule has 0 aliphatic rings. The van der Waals surface area contributed by atoms with Crippen LogP contribution in [0.25, 0.3) is 0 Å². The fourth-order valence-electron chi connectivity index (χ4n) is 1.52. The van der Waals surface area contributed by atoms with Crippen LogP contribution in [0.2, 0.25) is 0 Å². The molecule has 1 aromatic carbocycles. The number of amides is 1. The summed E-state index contributed by atoms with van der Waals surface area (Å²) in [6.45, 7) is 0.0799. The third-order valence-electron chi connectivity index (χ3n) is 2.53. The largest absolute Gasteiger partial charge is 0.416 e. The van der Waals surface area contributed by atoms with Crippen molar-refractivity contribution in [2.45, 2.75) is 12.7 Å². The highest BCUT2D eigenvalue weighted by Gasteiger charge is 2.29. The lowest BCUT2D eigenvalue weighted by molar-refractivity contribution is -0.137. The summed E-state index contributed by atoms with van der Waals surface area (Å²) in [7, 11) is 0. The van der Waals surface area contributed by atoms with Crippen LogP contribution in [0.15, 0.2) is 36.4 Å². The number of carbonyl (C=O) groups excluding carboxylic acids is 1. The summed E-state index contributed by atoms with van der Waals surface area (Å²) < 4.78 is 49.8. The zero-order valence-corrected chi connectivity index (χ0v) is 10.8. The Morgan fingerprint density at radius 1 is 1.10 bits per heavy atom. The molecule has 20 heavy (non-hydrogen) atoms. The van der Waals surface area contributed by atoms with E-state index in [4.69, 9.17) is 0 Å². The molecular formula is C13H9F4NOS. The van der Waals surface area contributed by atoms with Crippen LogP contribution in [-0.2, 0) is 12.7 Å². The molecule has 0 aliphatic heterocycles. The van der Waals surface area contributed by atoms with E-state index >= 15 is 0 Å². The Balaban J connectivity index is 1.96. The zero-order chi connectivity index (χ0) is 14.8. The second-order valence-electron chi connectivity index (χ2n) is 3.98. The van der Waals surface area contributed by atoms with Crippen molar-refractivity contribution in [3.05, 3.63) is 57.5 Å². The monoisotopic (exact) mass is 303 g/mol. The number of nitrogens with one attached hydrogen (secondary N) is 1. The fraction of sp³-hybridized carbons (Fsp3) is 0.154. The predicted octanol–water partition coefficient (Wildman–Crippen LogP) is 3.84. The minimum atomic E-state index is -4.38. The van der Waals surface area contributed by atoms with Gasteiger partial charge in [0.1, 0.15) is 0 Å². The van der Waals surface area contributed by atoms with Crippen LogP contribution < -0.4 is 5.32 Å². The van der Waals surface area contributed by atoms with E-state index in [1.54, 1.807) is 0 Å². The van der Waals surface area contributed by atoms with E-state index in [1.807, 2.05) is 0 Å². The molecule has 0 spiro atoms. The minimum absolute atomic E-state index is 0.0799. The van der Waals surface area contributed by atoms with Gasteiger partial charge in [-0.3, -0.25) is 4.79 Å². The number of halogens is 4. The highest BCUT2D eigenvalue weighted by atomic mass is 32.1. The van der Waals surface area contributed by atoms with E-state index < -0.39 is 22.8 Å². The normalized spacial score (nSPS) is 11.4. The number of benzene rings is 1. The van der Waals surface area contributed by atoms with Crippen LogP contribution in [-0.4, -0.2) is 5.91 Å². The third kappa shape index (κ3) is 3.57. The highest BCUT2D eigenvalue weighted by molar-refractivity contribution is 7.12. The average molecular weight is 303 g/mol. The molecule has 1 N–H and O–H groups in total. The molecule has 2 nitrogen and oxygen atoms in total. The summed E-state index contributed by atoms with van der Waals surface area (Å²) in [4.78, 5) is 11.8. The van der Waals surface area contributed by atoms with Gasteiger partial charge < -0.3 is 5.32 Å². The molecule has 0 aliphatic carbocycles. The molecule has 106 valence electrons. The van der Waals surface area contributed by atoms with Crippen LogP contribution in [0.3, 0.4) is 0 Å². The van der Waals surface area contributed by atoms with Crippen LogP contribution in [0.1, 0.15) is 20.8 Å². The molecule has 0 atom stereocenters. The molecule has 2 aromatic rings. The Kier molecular flexibility index (Phi) is 4.08. The first-order chi connectivity index (χ1) is 9.36. The maximum atomic E-state index is 12.7. The standard InChI is InChI=1S/C13H9F4NOS/c14-11-6-5-10(20-11)12(19)18-7-8-1-3-9(4-2-8)13(15,16)17/h1-6H,7H2,(H,18,19). The van der Waals surface area contributed by atoms with Gasteiger partial charge in [0.2, 0.25) is 0 Å². The van der Waals surface area contributed by atoms with Gasteiger partial charge in [0.15, 0.2) is 5.13 Å². The molecule has 1 amide bonds. The van der Waals surface area contributed by atoms with E-state index in [0.29, 0.717) is 16.9 Å². The maximum absolute atomic E-state index is 12.7. The van der Waals surface area contributed by atoms with Gasteiger partial charge >= 0.3 is 6.18 Å². The van der Waals surface area contributed by atoms with Crippen molar-refractivity contribution in [1.29, 1.82) is 0 Å². The topological polar surface area (TPSA) is 29.1 Å². The van der Waals surface area contributed by atoms with E-state index in [2.05, 4.69) is 5.32 Å². The Hall–Kier alpha value is -1.89. The SMILES string of the molecule is O=C(NCc1ccc(C(F)(F)F)cc1)c1ccc(F)s1. The van der Waals surface area contributed by atoms with E-state index in [-0.39, 0.29) is 11.4 Å². The van der Waals surface area contributed by atoms with Crippen molar-refractivity contribution in [2.75, 3.05) is 0 Å². The van der Waals surface area contributed by atoms with Gasteiger partial charge in [0, 0.05) is 6.54 Å². The first-order valence-corrected chi connectivity index (χ1v) is 6.37. The van der Waals surface area contributed by atoms with Crippen molar-refractivity contribution in [3.63, 3.8) is 0 Å². The second kappa shape index (κ2) is 5.62. The lowest BCUT2D eigenvalue weighted by Gasteiger charge is -2.08. The van der Waals surface area contributed by atoms with Crippen LogP contribution >= 0.6 is 11.3 Å². The van der Waals surface area contributed by atoms with E-state index in [0.717, 1.165) is 12.1 Å². The molecule has 0 fully saturated rings. The molecule has 1 aromatic heterocycles. The summed E-state index contributed by atoms with van der Waals surface area (Å²) in [5.41, 5.74) is -0.212. The molecule has 1 heterocycles. The Labute approximate surface area is 116 Å². The van der Waals surface area contributed by atoms with Crippen molar-refractivity contribution in [3.8, 4) is 0 Å². The van der Waals surface area contributed by atoms with Gasteiger partial charge in [-0.2, -0.15) is 17.6 Å². The van der Waals surface area contributed by atoms with Crippen LogP contribution in [0.4, 0.5) is 17.6 Å². The Morgan fingerprint density at radius 2 is 1.75 bits per heavy atom. The maximum Gasteiger partial charge on any atom is 0.416 e. The molecule has 7 heteroatoms. The summed E-state index contributed by atoms with van der Waals surface area (Å²) in [5.74, 6) is -0.459. The quantitative estimate of drug-likeness (QED) is 0.858. The van der Waals surface area contributed by atoms with Crippen molar-refractivity contribution >= 4 is 17.2 Å². The molecule has 0 saturated heterocycles. The smallest absolute Gasteiger partial charge is 0.347 e. The van der Waals surface area contributed by atoms with Gasteiger partial charge in [0.25, 0.3) is 5.91 Å². The number of rotatable bonds is 3. The molecule has 0 unspecified atom stereocenters. The van der Waals surface area contributed by atoms with Gasteiger partial charge in [-0.05, 0) is 29.8 Å². The van der Waals surface area contributed by atoms with E-state index in [9.17, 15) is 22.4 Å². The van der Waals surface area contributed by atoms with Crippen molar-refractivity contribution < 1.29 is 22.4 Å². The molecule has 0 saturated carbocycles.